The first-order valence-electron chi connectivity index (χ1n) is 6.61. The molecule has 2 heteroatoms. The highest BCUT2D eigenvalue weighted by molar-refractivity contribution is 6.30. The average Bonchev–Trinajstić information content (AvgIpc) is 2.37. The Morgan fingerprint density at radius 1 is 1.11 bits per heavy atom. The van der Waals surface area contributed by atoms with Crippen molar-refractivity contribution in [3.8, 4) is 0 Å². The zero-order valence-corrected chi connectivity index (χ0v) is 12.5. The fourth-order valence-corrected chi connectivity index (χ4v) is 2.40. The van der Waals surface area contributed by atoms with Gasteiger partial charge >= 0.3 is 0 Å². The molecule has 0 amide bonds. The van der Waals surface area contributed by atoms with Crippen LogP contribution in [0.25, 0.3) is 0 Å². The highest BCUT2D eigenvalue weighted by atomic mass is 35.5. The summed E-state index contributed by atoms with van der Waals surface area (Å²) in [6, 6.07) is 15.0. The second-order valence-corrected chi connectivity index (χ2v) is 5.52. The maximum Gasteiger partial charge on any atom is 0.0408 e. The molecule has 0 heterocycles. The lowest BCUT2D eigenvalue weighted by Gasteiger charge is -2.16. The molecule has 0 fully saturated rings. The van der Waals surface area contributed by atoms with Crippen LogP contribution >= 0.6 is 11.6 Å². The highest BCUT2D eigenvalue weighted by Crippen LogP contribution is 2.18. The molecular formula is C17H20ClN. The Kier molecular flexibility index (Phi) is 4.62. The van der Waals surface area contributed by atoms with Crippen LogP contribution in [0.5, 0.6) is 0 Å². The van der Waals surface area contributed by atoms with Crippen molar-refractivity contribution in [3.63, 3.8) is 0 Å². The van der Waals surface area contributed by atoms with E-state index in [-0.39, 0.29) is 0 Å². The van der Waals surface area contributed by atoms with Gasteiger partial charge in [0.1, 0.15) is 0 Å². The normalized spacial score (nSPS) is 12.4. The lowest BCUT2D eigenvalue weighted by atomic mass is 10.0. The fraction of sp³-hybridized carbons (Fsp3) is 0.294. The van der Waals surface area contributed by atoms with Crippen molar-refractivity contribution in [3.05, 3.63) is 69.7 Å². The molecule has 0 unspecified atom stereocenters. The SMILES string of the molecule is Cc1cccc([C@H](C)NCc2ccc(Cl)cc2C)c1. The average molecular weight is 274 g/mol. The maximum absolute atomic E-state index is 5.97. The Labute approximate surface area is 120 Å². The van der Waals surface area contributed by atoms with Gasteiger partial charge in [-0.15, -0.1) is 0 Å². The monoisotopic (exact) mass is 273 g/mol. The molecule has 1 N–H and O–H groups in total. The van der Waals surface area contributed by atoms with Crippen LogP contribution in [0.4, 0.5) is 0 Å². The molecule has 0 saturated carbocycles. The number of rotatable bonds is 4. The van der Waals surface area contributed by atoms with E-state index in [1.54, 1.807) is 0 Å². The van der Waals surface area contributed by atoms with Gasteiger partial charge in [0.05, 0.1) is 0 Å². The van der Waals surface area contributed by atoms with Crippen molar-refractivity contribution >= 4 is 11.6 Å². The van der Waals surface area contributed by atoms with E-state index in [1.807, 2.05) is 12.1 Å². The molecule has 1 atom stereocenters. The molecule has 0 aliphatic heterocycles. The number of hydrogen-bond acceptors (Lipinski definition) is 1. The molecular weight excluding hydrogens is 254 g/mol. The van der Waals surface area contributed by atoms with E-state index in [0.29, 0.717) is 6.04 Å². The highest BCUT2D eigenvalue weighted by Gasteiger charge is 2.06. The van der Waals surface area contributed by atoms with Gasteiger partial charge in [-0.2, -0.15) is 0 Å². The minimum Gasteiger partial charge on any atom is -0.306 e. The summed E-state index contributed by atoms with van der Waals surface area (Å²) in [4.78, 5) is 0. The molecule has 0 radical (unpaired) electrons. The maximum atomic E-state index is 5.97. The van der Waals surface area contributed by atoms with Gasteiger partial charge < -0.3 is 5.32 Å². The molecule has 0 aliphatic rings. The first-order chi connectivity index (χ1) is 9.06. The Morgan fingerprint density at radius 3 is 2.58 bits per heavy atom. The van der Waals surface area contributed by atoms with Crippen LogP contribution in [0.1, 0.15) is 35.2 Å². The Balaban J connectivity index is 2.02. The van der Waals surface area contributed by atoms with Crippen molar-refractivity contribution in [1.29, 1.82) is 0 Å². The van der Waals surface area contributed by atoms with E-state index in [0.717, 1.165) is 11.6 Å². The third-order valence-corrected chi connectivity index (χ3v) is 3.68. The van der Waals surface area contributed by atoms with Gasteiger partial charge in [0.15, 0.2) is 0 Å². The van der Waals surface area contributed by atoms with Crippen molar-refractivity contribution in [2.24, 2.45) is 0 Å². The van der Waals surface area contributed by atoms with Crippen LogP contribution in [0.3, 0.4) is 0 Å². The van der Waals surface area contributed by atoms with Crippen LogP contribution in [-0.4, -0.2) is 0 Å². The number of aryl methyl sites for hydroxylation is 2. The summed E-state index contributed by atoms with van der Waals surface area (Å²) >= 11 is 5.97. The molecule has 19 heavy (non-hydrogen) atoms. The summed E-state index contributed by atoms with van der Waals surface area (Å²) in [7, 11) is 0. The van der Waals surface area contributed by atoms with E-state index >= 15 is 0 Å². The van der Waals surface area contributed by atoms with E-state index in [2.05, 4.69) is 56.4 Å². The lowest BCUT2D eigenvalue weighted by Crippen LogP contribution is -2.18. The summed E-state index contributed by atoms with van der Waals surface area (Å²) in [5, 5.41) is 4.36. The molecule has 100 valence electrons. The molecule has 0 spiro atoms. The number of hydrogen-bond donors (Lipinski definition) is 1. The van der Waals surface area contributed by atoms with Gasteiger partial charge in [0.25, 0.3) is 0 Å². The van der Waals surface area contributed by atoms with Crippen LogP contribution in [0.2, 0.25) is 5.02 Å². The molecule has 2 aromatic rings. The molecule has 0 aliphatic carbocycles. The number of nitrogens with one attached hydrogen (secondary N) is 1. The summed E-state index contributed by atoms with van der Waals surface area (Å²) in [6.45, 7) is 7.28. The van der Waals surface area contributed by atoms with Crippen molar-refractivity contribution in [2.45, 2.75) is 33.4 Å². The second-order valence-electron chi connectivity index (χ2n) is 5.09. The molecule has 0 bridgehead atoms. The lowest BCUT2D eigenvalue weighted by molar-refractivity contribution is 0.573. The number of halogens is 1. The van der Waals surface area contributed by atoms with Gasteiger partial charge in [0.2, 0.25) is 0 Å². The zero-order chi connectivity index (χ0) is 13.8. The summed E-state index contributed by atoms with van der Waals surface area (Å²) in [5.74, 6) is 0. The van der Waals surface area contributed by atoms with E-state index in [4.69, 9.17) is 11.6 Å². The second kappa shape index (κ2) is 6.23. The summed E-state index contributed by atoms with van der Waals surface area (Å²) in [6.07, 6.45) is 0. The van der Waals surface area contributed by atoms with Crippen molar-refractivity contribution in [1.82, 2.24) is 5.32 Å². The predicted molar refractivity (Wildman–Crippen MR) is 82.6 cm³/mol. The minimum atomic E-state index is 0.343. The standard InChI is InChI=1S/C17H20ClN/c1-12-5-4-6-15(9-12)14(3)19-11-16-7-8-17(18)10-13(16)2/h4-10,14,19H,11H2,1-3H3/t14-/m0/s1. The molecule has 0 aromatic heterocycles. The van der Waals surface area contributed by atoms with Gasteiger partial charge in [-0.05, 0) is 49.6 Å². The summed E-state index contributed by atoms with van der Waals surface area (Å²) in [5.41, 5.74) is 5.15. The molecule has 1 nitrogen and oxygen atoms in total. The largest absolute Gasteiger partial charge is 0.306 e. The quantitative estimate of drug-likeness (QED) is 0.843. The molecule has 2 aromatic carbocycles. The van der Waals surface area contributed by atoms with Gasteiger partial charge in [0, 0.05) is 17.6 Å². The van der Waals surface area contributed by atoms with Gasteiger partial charge in [-0.3, -0.25) is 0 Å². The fourth-order valence-electron chi connectivity index (χ4n) is 2.18. The number of benzene rings is 2. The van der Waals surface area contributed by atoms with Crippen LogP contribution in [0, 0.1) is 13.8 Å². The Bertz CT molecular complexity index is 563. The van der Waals surface area contributed by atoms with Gasteiger partial charge in [-0.1, -0.05) is 47.5 Å². The zero-order valence-electron chi connectivity index (χ0n) is 11.7. The third kappa shape index (κ3) is 3.82. The Morgan fingerprint density at radius 2 is 1.89 bits per heavy atom. The van der Waals surface area contributed by atoms with Gasteiger partial charge in [-0.25, -0.2) is 0 Å². The third-order valence-electron chi connectivity index (χ3n) is 3.45. The summed E-state index contributed by atoms with van der Waals surface area (Å²) < 4.78 is 0. The van der Waals surface area contributed by atoms with Crippen LogP contribution < -0.4 is 5.32 Å². The minimum absolute atomic E-state index is 0.343. The van der Waals surface area contributed by atoms with Crippen molar-refractivity contribution in [2.75, 3.05) is 0 Å². The van der Waals surface area contributed by atoms with Crippen LogP contribution in [-0.2, 0) is 6.54 Å². The Hall–Kier alpha value is -1.31. The van der Waals surface area contributed by atoms with Crippen molar-refractivity contribution < 1.29 is 0 Å². The molecule has 0 saturated heterocycles. The topological polar surface area (TPSA) is 12.0 Å². The first kappa shape index (κ1) is 14.1. The molecule has 2 rings (SSSR count). The smallest absolute Gasteiger partial charge is 0.0408 e. The van der Waals surface area contributed by atoms with Crippen LogP contribution in [0.15, 0.2) is 42.5 Å². The first-order valence-corrected chi connectivity index (χ1v) is 6.99. The van der Waals surface area contributed by atoms with E-state index < -0.39 is 0 Å². The van der Waals surface area contributed by atoms with E-state index in [1.165, 1.54) is 22.3 Å². The van der Waals surface area contributed by atoms with E-state index in [9.17, 15) is 0 Å². The predicted octanol–water partition coefficient (Wildman–Crippen LogP) is 4.81.